The van der Waals surface area contributed by atoms with Crippen molar-refractivity contribution >= 4 is 23.2 Å². The van der Waals surface area contributed by atoms with Gasteiger partial charge >= 0.3 is 0 Å². The number of aromatic nitrogens is 2. The Bertz CT molecular complexity index is 915. The monoisotopic (exact) mass is 407 g/mol. The summed E-state index contributed by atoms with van der Waals surface area (Å²) in [5.41, 5.74) is 2.22. The summed E-state index contributed by atoms with van der Waals surface area (Å²) in [5.74, 6) is 6.60. The summed E-state index contributed by atoms with van der Waals surface area (Å²) in [6, 6.07) is 8.33. The Kier molecular flexibility index (Phi) is 8.04. The number of thiocarbonyl (C=S) groups is 1. The lowest BCUT2D eigenvalue weighted by Gasteiger charge is -2.29. The molecule has 1 heterocycles. The number of halogens is 1. The zero-order chi connectivity index (χ0) is 20.5. The highest BCUT2D eigenvalue weighted by molar-refractivity contribution is 7.78. The van der Waals surface area contributed by atoms with Gasteiger partial charge in [-0.3, -0.25) is 0 Å². The van der Waals surface area contributed by atoms with E-state index < -0.39 is 5.95 Å². The van der Waals surface area contributed by atoms with Crippen molar-refractivity contribution < 1.29 is 4.39 Å². The molecular formula is C24H26FN3S. The fraction of sp³-hybridized carbons (Fsp3) is 0.458. The first-order chi connectivity index (χ1) is 14.2. The van der Waals surface area contributed by atoms with E-state index in [4.69, 9.17) is 0 Å². The van der Waals surface area contributed by atoms with Crippen LogP contribution >= 0.6 is 12.2 Å². The van der Waals surface area contributed by atoms with Crippen molar-refractivity contribution in [3.8, 4) is 11.8 Å². The van der Waals surface area contributed by atoms with E-state index in [1.54, 1.807) is 0 Å². The molecule has 2 aromatic rings. The summed E-state index contributed by atoms with van der Waals surface area (Å²) < 4.78 is 13.9. The molecule has 0 spiro atoms. The van der Waals surface area contributed by atoms with Crippen molar-refractivity contribution in [2.24, 2.45) is 10.9 Å². The molecule has 29 heavy (non-hydrogen) atoms. The summed E-state index contributed by atoms with van der Waals surface area (Å²) in [5, 5.41) is 2.14. The molecule has 1 aromatic carbocycles. The Morgan fingerprint density at radius 1 is 1.10 bits per heavy atom. The van der Waals surface area contributed by atoms with Crippen LogP contribution in [0, 0.1) is 23.7 Å². The van der Waals surface area contributed by atoms with Gasteiger partial charge in [0, 0.05) is 5.56 Å². The fourth-order valence-electron chi connectivity index (χ4n) is 3.98. The predicted molar refractivity (Wildman–Crippen MR) is 118 cm³/mol. The second-order valence-electron chi connectivity index (χ2n) is 7.66. The second kappa shape index (κ2) is 11.0. The van der Waals surface area contributed by atoms with Crippen LogP contribution in [0.5, 0.6) is 0 Å². The van der Waals surface area contributed by atoms with Gasteiger partial charge in [0.2, 0.25) is 5.95 Å². The number of isothiocyanates is 1. The lowest BCUT2D eigenvalue weighted by Crippen LogP contribution is -2.13. The molecule has 0 amide bonds. The van der Waals surface area contributed by atoms with E-state index in [0.29, 0.717) is 5.92 Å². The van der Waals surface area contributed by atoms with Crippen LogP contribution in [0.1, 0.15) is 81.0 Å². The van der Waals surface area contributed by atoms with E-state index >= 15 is 0 Å². The Morgan fingerprint density at radius 2 is 1.86 bits per heavy atom. The zero-order valence-electron chi connectivity index (χ0n) is 16.8. The van der Waals surface area contributed by atoms with Crippen LogP contribution in [0.15, 0.2) is 35.5 Å². The topological polar surface area (TPSA) is 38.1 Å². The van der Waals surface area contributed by atoms with Crippen molar-refractivity contribution in [1.82, 2.24) is 9.97 Å². The summed E-state index contributed by atoms with van der Waals surface area (Å²) in [4.78, 5) is 11.2. The maximum atomic E-state index is 13.9. The van der Waals surface area contributed by atoms with Gasteiger partial charge in [0.15, 0.2) is 11.5 Å². The minimum absolute atomic E-state index is 0.00112. The number of nitrogens with zero attached hydrogens (tertiary/aromatic N) is 3. The van der Waals surface area contributed by atoms with Crippen LogP contribution in [-0.4, -0.2) is 15.1 Å². The van der Waals surface area contributed by atoms with Gasteiger partial charge in [0.25, 0.3) is 0 Å². The van der Waals surface area contributed by atoms with E-state index in [1.165, 1.54) is 63.1 Å². The molecule has 3 rings (SSSR count). The van der Waals surface area contributed by atoms with Crippen molar-refractivity contribution in [3.05, 3.63) is 53.2 Å². The summed E-state index contributed by atoms with van der Waals surface area (Å²) in [6.07, 6.45) is 12.0. The van der Waals surface area contributed by atoms with Crippen LogP contribution in [0.3, 0.4) is 0 Å². The molecule has 0 bridgehead atoms. The van der Waals surface area contributed by atoms with Gasteiger partial charge in [-0.1, -0.05) is 50.7 Å². The first-order valence-electron chi connectivity index (χ1n) is 10.4. The van der Waals surface area contributed by atoms with Crippen molar-refractivity contribution in [3.63, 3.8) is 0 Å². The highest BCUT2D eigenvalue weighted by atomic mass is 32.1. The molecule has 5 heteroatoms. The molecule has 150 valence electrons. The largest absolute Gasteiger partial charge is 0.249 e. The Labute approximate surface area is 177 Å². The molecule has 0 aliphatic heterocycles. The van der Waals surface area contributed by atoms with E-state index in [-0.39, 0.29) is 11.5 Å². The van der Waals surface area contributed by atoms with Crippen LogP contribution in [-0.2, 0) is 0 Å². The molecule has 0 unspecified atom stereocenters. The SMILES string of the molecule is CCCCCC1CCC(c2ccc(C#Cc3ncc(N=C=S)nc3F)cc2)CC1. The lowest BCUT2D eigenvalue weighted by molar-refractivity contribution is 0.303. The summed E-state index contributed by atoms with van der Waals surface area (Å²) in [7, 11) is 0. The third-order valence-corrected chi connectivity index (χ3v) is 5.74. The number of benzene rings is 1. The van der Waals surface area contributed by atoms with Crippen LogP contribution in [0.25, 0.3) is 0 Å². The fourth-order valence-corrected chi connectivity index (χ4v) is 4.07. The smallest absolute Gasteiger partial charge is 0.239 e. The Hall–Kier alpha value is -2.41. The highest BCUT2D eigenvalue weighted by Crippen LogP contribution is 2.37. The molecule has 0 saturated heterocycles. The van der Waals surface area contributed by atoms with Gasteiger partial charge in [-0.25, -0.2) is 4.98 Å². The quantitative estimate of drug-likeness (QED) is 0.234. The van der Waals surface area contributed by atoms with E-state index in [0.717, 1.165) is 11.5 Å². The molecule has 1 fully saturated rings. The molecule has 0 atom stereocenters. The third-order valence-electron chi connectivity index (χ3n) is 5.65. The highest BCUT2D eigenvalue weighted by Gasteiger charge is 2.21. The molecule has 1 aliphatic carbocycles. The number of aliphatic imine (C=N–C) groups is 1. The minimum atomic E-state index is -0.753. The first-order valence-corrected chi connectivity index (χ1v) is 10.8. The standard InChI is InChI=1S/C24H26FN3S/c1-2-3-4-5-18-6-11-20(12-7-18)21-13-8-19(9-14-21)10-15-22-24(25)28-23(16-26-22)27-17-29/h8-9,13-14,16,18,20H,2-7,11-12H2,1H3. The molecular weight excluding hydrogens is 381 g/mol. The summed E-state index contributed by atoms with van der Waals surface area (Å²) in [6.45, 7) is 2.27. The Morgan fingerprint density at radius 3 is 2.52 bits per heavy atom. The number of hydrogen-bond acceptors (Lipinski definition) is 4. The minimum Gasteiger partial charge on any atom is -0.239 e. The van der Waals surface area contributed by atoms with Crippen molar-refractivity contribution in [2.45, 2.75) is 64.2 Å². The maximum absolute atomic E-state index is 13.9. The average molecular weight is 408 g/mol. The summed E-state index contributed by atoms with van der Waals surface area (Å²) >= 11 is 4.47. The molecule has 0 radical (unpaired) electrons. The normalized spacial score (nSPS) is 18.4. The van der Waals surface area contributed by atoms with Gasteiger partial charge in [0.1, 0.15) is 0 Å². The van der Waals surface area contributed by atoms with Crippen LogP contribution in [0.4, 0.5) is 10.2 Å². The molecule has 1 saturated carbocycles. The molecule has 1 aliphatic rings. The van der Waals surface area contributed by atoms with Gasteiger partial charge in [0.05, 0.1) is 11.4 Å². The van der Waals surface area contributed by atoms with Gasteiger partial charge in [-0.15, -0.1) is 0 Å². The molecule has 3 nitrogen and oxygen atoms in total. The third kappa shape index (κ3) is 6.29. The first kappa shape index (κ1) is 21.3. The van der Waals surface area contributed by atoms with Crippen LogP contribution < -0.4 is 0 Å². The van der Waals surface area contributed by atoms with Gasteiger partial charge in [-0.05, 0) is 73.4 Å². The lowest BCUT2D eigenvalue weighted by atomic mass is 9.77. The number of hydrogen-bond donors (Lipinski definition) is 0. The molecule has 0 N–H and O–H groups in total. The maximum Gasteiger partial charge on any atom is 0.249 e. The predicted octanol–water partition coefficient (Wildman–Crippen LogP) is 6.60. The average Bonchev–Trinajstić information content (AvgIpc) is 2.75. The van der Waals surface area contributed by atoms with Crippen LogP contribution in [0.2, 0.25) is 0 Å². The molecule has 1 aromatic heterocycles. The van der Waals surface area contributed by atoms with Gasteiger partial charge < -0.3 is 0 Å². The second-order valence-corrected chi connectivity index (χ2v) is 7.84. The zero-order valence-corrected chi connectivity index (χ0v) is 17.6. The number of rotatable bonds is 6. The number of unbranched alkanes of at least 4 members (excludes halogenated alkanes) is 2. The van der Waals surface area contributed by atoms with E-state index in [2.05, 4.69) is 63.2 Å². The van der Waals surface area contributed by atoms with E-state index in [1.807, 2.05) is 12.1 Å². The van der Waals surface area contributed by atoms with Gasteiger partial charge in [-0.2, -0.15) is 14.4 Å². The van der Waals surface area contributed by atoms with E-state index in [9.17, 15) is 4.39 Å². The Balaban J connectivity index is 1.58. The van der Waals surface area contributed by atoms with Crippen molar-refractivity contribution in [2.75, 3.05) is 0 Å². The van der Waals surface area contributed by atoms with Crippen molar-refractivity contribution in [1.29, 1.82) is 0 Å².